The monoisotopic (exact) mass is 356 g/mol. The second-order valence-electron chi connectivity index (χ2n) is 6.58. The summed E-state index contributed by atoms with van der Waals surface area (Å²) >= 11 is 0. The second-order valence-corrected chi connectivity index (χ2v) is 6.58. The van der Waals surface area contributed by atoms with Gasteiger partial charge in [-0.3, -0.25) is 14.4 Å². The first-order valence-corrected chi connectivity index (χ1v) is 8.60. The highest BCUT2D eigenvalue weighted by molar-refractivity contribution is 5.77. The van der Waals surface area contributed by atoms with Crippen molar-refractivity contribution >= 4 is 5.91 Å². The molecule has 0 saturated heterocycles. The van der Waals surface area contributed by atoms with Crippen molar-refractivity contribution in [3.05, 3.63) is 40.5 Å². The Morgan fingerprint density at radius 3 is 2.92 bits per heavy atom. The number of hydrogen-bond donors (Lipinski definition) is 1. The van der Waals surface area contributed by atoms with E-state index in [0.717, 1.165) is 43.3 Å². The van der Waals surface area contributed by atoms with Crippen molar-refractivity contribution in [2.45, 2.75) is 33.1 Å². The van der Waals surface area contributed by atoms with Crippen LogP contribution in [-0.4, -0.2) is 45.4 Å². The summed E-state index contributed by atoms with van der Waals surface area (Å²) in [5, 5.41) is 16.5. The Balaban J connectivity index is 1.63. The van der Waals surface area contributed by atoms with Crippen molar-refractivity contribution in [1.29, 1.82) is 5.26 Å². The summed E-state index contributed by atoms with van der Waals surface area (Å²) in [4.78, 5) is 13.9. The number of nitriles is 1. The van der Waals surface area contributed by atoms with Crippen molar-refractivity contribution in [2.75, 3.05) is 20.3 Å². The average Bonchev–Trinajstić information content (AvgIpc) is 3.15. The first kappa shape index (κ1) is 18.2. The number of carbonyl (C=O) groups is 1. The molecule has 0 unspecified atom stereocenters. The fourth-order valence-corrected chi connectivity index (χ4v) is 3.24. The molecule has 1 N–H and O–H groups in total. The first-order chi connectivity index (χ1) is 12.5. The minimum absolute atomic E-state index is 0.0580. The van der Waals surface area contributed by atoms with Crippen LogP contribution in [0.15, 0.2) is 12.1 Å². The van der Waals surface area contributed by atoms with Gasteiger partial charge in [-0.1, -0.05) is 0 Å². The molecule has 0 radical (unpaired) electrons. The molecule has 1 aliphatic heterocycles. The van der Waals surface area contributed by atoms with Gasteiger partial charge in [0.05, 0.1) is 24.5 Å². The zero-order valence-corrected chi connectivity index (χ0v) is 15.4. The number of nitrogens with zero attached hydrogens (tertiary/aromatic N) is 5. The van der Waals surface area contributed by atoms with E-state index in [9.17, 15) is 10.1 Å². The van der Waals surface area contributed by atoms with Gasteiger partial charge in [0.25, 0.3) is 0 Å². The Morgan fingerprint density at radius 2 is 2.23 bits per heavy atom. The van der Waals surface area contributed by atoms with Gasteiger partial charge >= 0.3 is 0 Å². The highest BCUT2D eigenvalue weighted by Gasteiger charge is 2.20. The van der Waals surface area contributed by atoms with Crippen molar-refractivity contribution < 1.29 is 9.53 Å². The Hall–Kier alpha value is -2.63. The van der Waals surface area contributed by atoms with Gasteiger partial charge in [-0.25, -0.2) is 0 Å². The zero-order valence-electron chi connectivity index (χ0n) is 15.4. The maximum atomic E-state index is 11.5. The van der Waals surface area contributed by atoms with Crippen LogP contribution in [0.4, 0.5) is 0 Å². The number of methoxy groups -OCH3 is 1. The molecule has 1 aliphatic rings. The lowest BCUT2D eigenvalue weighted by Crippen LogP contribution is -2.33. The lowest BCUT2D eigenvalue weighted by Gasteiger charge is -2.27. The largest absolute Gasteiger partial charge is 0.375 e. The van der Waals surface area contributed by atoms with Gasteiger partial charge in [0.15, 0.2) is 0 Å². The van der Waals surface area contributed by atoms with E-state index in [1.807, 2.05) is 35.4 Å². The van der Waals surface area contributed by atoms with Crippen molar-refractivity contribution in [3.8, 4) is 6.07 Å². The Bertz CT molecular complexity index is 845. The molecule has 0 atom stereocenters. The van der Waals surface area contributed by atoms with Crippen LogP contribution >= 0.6 is 0 Å². The van der Waals surface area contributed by atoms with E-state index in [4.69, 9.17) is 4.74 Å². The van der Waals surface area contributed by atoms with Gasteiger partial charge in [0, 0.05) is 39.5 Å². The molecule has 0 spiro atoms. The van der Waals surface area contributed by atoms with Crippen LogP contribution < -0.4 is 5.32 Å². The Labute approximate surface area is 153 Å². The lowest BCUT2D eigenvalue weighted by molar-refractivity contribution is -0.124. The van der Waals surface area contributed by atoms with Crippen LogP contribution in [0.25, 0.3) is 0 Å². The van der Waals surface area contributed by atoms with Crippen LogP contribution in [0.1, 0.15) is 28.3 Å². The van der Waals surface area contributed by atoms with Crippen LogP contribution in [-0.2, 0) is 42.8 Å². The molecule has 0 aliphatic carbocycles. The fraction of sp³-hybridized carbons (Fsp3) is 0.500. The van der Waals surface area contributed by atoms with Gasteiger partial charge < -0.3 is 14.6 Å². The molecule has 0 saturated carbocycles. The standard InChI is InChI=1S/C18H24N6O2/c1-13-14(6-16(8-19)22(13)2)10-23-4-5-24-17(11-23)7-15(21-24)9-20-18(25)12-26-3/h6-7H,4-5,9-12H2,1-3H3,(H,20,25). The topological polar surface area (TPSA) is 88.1 Å². The third kappa shape index (κ3) is 3.79. The van der Waals surface area contributed by atoms with Crippen molar-refractivity contribution in [3.63, 3.8) is 0 Å². The predicted octanol–water partition coefficient (Wildman–Crippen LogP) is 0.680. The molecule has 3 heterocycles. The van der Waals surface area contributed by atoms with Crippen LogP contribution in [0.5, 0.6) is 0 Å². The smallest absolute Gasteiger partial charge is 0.246 e. The van der Waals surface area contributed by atoms with Gasteiger partial charge in [0.2, 0.25) is 5.91 Å². The van der Waals surface area contributed by atoms with Crippen LogP contribution in [0.3, 0.4) is 0 Å². The molecule has 2 aromatic heterocycles. The average molecular weight is 356 g/mol. The number of hydrogen-bond acceptors (Lipinski definition) is 5. The Morgan fingerprint density at radius 1 is 1.42 bits per heavy atom. The summed E-state index contributed by atoms with van der Waals surface area (Å²) in [6.45, 7) is 5.85. The molecular formula is C18H24N6O2. The number of rotatable bonds is 6. The maximum absolute atomic E-state index is 11.5. The van der Waals surface area contributed by atoms with E-state index in [0.29, 0.717) is 12.2 Å². The van der Waals surface area contributed by atoms with E-state index in [1.54, 1.807) is 0 Å². The molecule has 2 aromatic rings. The minimum atomic E-state index is -0.145. The van der Waals surface area contributed by atoms with Crippen molar-refractivity contribution in [1.82, 2.24) is 24.6 Å². The SMILES string of the molecule is COCC(=O)NCc1cc2n(n1)CCN(Cc1cc(C#N)n(C)c1C)C2. The molecule has 0 aromatic carbocycles. The molecule has 8 nitrogen and oxygen atoms in total. The molecule has 1 amide bonds. The molecule has 26 heavy (non-hydrogen) atoms. The van der Waals surface area contributed by atoms with E-state index in [2.05, 4.69) is 21.4 Å². The van der Waals surface area contributed by atoms with Gasteiger partial charge in [-0.05, 0) is 24.6 Å². The number of nitrogens with one attached hydrogen (secondary N) is 1. The summed E-state index contributed by atoms with van der Waals surface area (Å²) in [5.74, 6) is -0.145. The third-order valence-corrected chi connectivity index (χ3v) is 4.82. The zero-order chi connectivity index (χ0) is 18.7. The molecule has 0 fully saturated rings. The molecular weight excluding hydrogens is 332 g/mol. The molecule has 138 valence electrons. The highest BCUT2D eigenvalue weighted by atomic mass is 16.5. The van der Waals surface area contributed by atoms with Gasteiger partial charge in [0.1, 0.15) is 18.4 Å². The quantitative estimate of drug-likeness (QED) is 0.822. The highest BCUT2D eigenvalue weighted by Crippen LogP contribution is 2.20. The fourth-order valence-electron chi connectivity index (χ4n) is 3.24. The van der Waals surface area contributed by atoms with Crippen LogP contribution in [0.2, 0.25) is 0 Å². The third-order valence-electron chi connectivity index (χ3n) is 4.82. The molecule has 0 bridgehead atoms. The predicted molar refractivity (Wildman–Crippen MR) is 94.9 cm³/mol. The summed E-state index contributed by atoms with van der Waals surface area (Å²) in [7, 11) is 3.42. The number of carbonyl (C=O) groups excluding carboxylic acids is 1. The van der Waals surface area contributed by atoms with Gasteiger partial charge in [-0.15, -0.1) is 0 Å². The summed E-state index contributed by atoms with van der Waals surface area (Å²) in [6.07, 6.45) is 0. The summed E-state index contributed by atoms with van der Waals surface area (Å²) < 4.78 is 8.75. The van der Waals surface area contributed by atoms with Crippen LogP contribution in [0, 0.1) is 18.3 Å². The van der Waals surface area contributed by atoms with E-state index in [-0.39, 0.29) is 12.5 Å². The van der Waals surface area contributed by atoms with Gasteiger partial charge in [-0.2, -0.15) is 10.4 Å². The molecule has 3 rings (SSSR count). The number of aromatic nitrogens is 3. The first-order valence-electron chi connectivity index (χ1n) is 8.60. The van der Waals surface area contributed by atoms with E-state index >= 15 is 0 Å². The summed E-state index contributed by atoms with van der Waals surface area (Å²) in [5.41, 5.74) is 5.00. The Kier molecular flexibility index (Phi) is 5.40. The second kappa shape index (κ2) is 7.72. The summed E-state index contributed by atoms with van der Waals surface area (Å²) in [6, 6.07) is 6.24. The van der Waals surface area contributed by atoms with Crippen molar-refractivity contribution in [2.24, 2.45) is 7.05 Å². The molecule has 8 heteroatoms. The van der Waals surface area contributed by atoms with E-state index < -0.39 is 0 Å². The maximum Gasteiger partial charge on any atom is 0.246 e. The number of fused-ring (bicyclic) bond motifs is 1. The lowest BCUT2D eigenvalue weighted by atomic mass is 10.2. The number of ether oxygens (including phenoxy) is 1. The normalized spacial score (nSPS) is 14.1. The minimum Gasteiger partial charge on any atom is -0.375 e. The van der Waals surface area contributed by atoms with E-state index in [1.165, 1.54) is 12.7 Å². The number of amides is 1.